The van der Waals surface area contributed by atoms with E-state index in [0.29, 0.717) is 0 Å². The van der Waals surface area contributed by atoms with Crippen molar-refractivity contribution in [3.05, 3.63) is 53.3 Å². The average molecular weight is 286 g/mol. The Morgan fingerprint density at radius 2 is 2.33 bits per heavy atom. The minimum atomic E-state index is -0.00933. The SMILES string of the molecule is CCn1cc(CC(NN)C2OCCc3ccccc32)cn1. The number of nitrogens with zero attached hydrogens (tertiary/aromatic N) is 2. The van der Waals surface area contributed by atoms with E-state index in [9.17, 15) is 0 Å². The summed E-state index contributed by atoms with van der Waals surface area (Å²) in [6.45, 7) is 3.70. The van der Waals surface area contributed by atoms with Gasteiger partial charge < -0.3 is 4.74 Å². The molecule has 5 nitrogen and oxygen atoms in total. The lowest BCUT2D eigenvalue weighted by Gasteiger charge is -2.32. The minimum absolute atomic E-state index is 0.00933. The lowest BCUT2D eigenvalue weighted by molar-refractivity contribution is 0.0154. The summed E-state index contributed by atoms with van der Waals surface area (Å²) >= 11 is 0. The predicted octanol–water partition coefficient (Wildman–Crippen LogP) is 1.59. The first-order chi connectivity index (χ1) is 10.3. The fourth-order valence-corrected chi connectivity index (χ4v) is 2.95. The van der Waals surface area contributed by atoms with Gasteiger partial charge in [-0.25, -0.2) is 0 Å². The molecule has 0 saturated carbocycles. The van der Waals surface area contributed by atoms with Crippen molar-refractivity contribution in [1.82, 2.24) is 15.2 Å². The lowest BCUT2D eigenvalue weighted by atomic mass is 9.91. The van der Waals surface area contributed by atoms with Crippen LogP contribution in [0.15, 0.2) is 36.7 Å². The summed E-state index contributed by atoms with van der Waals surface area (Å²) in [5, 5.41) is 4.32. The van der Waals surface area contributed by atoms with Crippen molar-refractivity contribution in [1.29, 1.82) is 0 Å². The molecule has 5 heteroatoms. The normalized spacial score (nSPS) is 19.2. The smallest absolute Gasteiger partial charge is 0.0997 e. The van der Waals surface area contributed by atoms with E-state index >= 15 is 0 Å². The average Bonchev–Trinajstić information content (AvgIpc) is 3.00. The van der Waals surface area contributed by atoms with Crippen LogP contribution in [0.1, 0.15) is 29.7 Å². The van der Waals surface area contributed by atoms with Crippen molar-refractivity contribution >= 4 is 0 Å². The number of aryl methyl sites for hydroxylation is 1. The lowest BCUT2D eigenvalue weighted by Crippen LogP contribution is -2.43. The molecule has 0 radical (unpaired) electrons. The van der Waals surface area contributed by atoms with Crippen LogP contribution < -0.4 is 11.3 Å². The summed E-state index contributed by atoms with van der Waals surface area (Å²) < 4.78 is 7.92. The van der Waals surface area contributed by atoms with E-state index in [1.165, 1.54) is 16.7 Å². The van der Waals surface area contributed by atoms with Crippen molar-refractivity contribution in [3.8, 4) is 0 Å². The number of aromatic nitrogens is 2. The standard InChI is InChI=1S/C16H22N4O/c1-2-20-11-12(10-18-20)9-15(19-17)16-14-6-4-3-5-13(14)7-8-21-16/h3-6,10-11,15-16,19H,2,7-9,17H2,1H3. The minimum Gasteiger partial charge on any atom is -0.371 e. The number of benzene rings is 1. The van der Waals surface area contributed by atoms with Gasteiger partial charge in [-0.05, 0) is 36.5 Å². The van der Waals surface area contributed by atoms with Gasteiger partial charge in [-0.3, -0.25) is 16.0 Å². The second kappa shape index (κ2) is 6.39. The molecule has 0 amide bonds. The third-order valence-corrected chi connectivity index (χ3v) is 4.08. The molecule has 112 valence electrons. The van der Waals surface area contributed by atoms with Crippen molar-refractivity contribution in [2.75, 3.05) is 6.61 Å². The van der Waals surface area contributed by atoms with E-state index in [-0.39, 0.29) is 12.1 Å². The van der Waals surface area contributed by atoms with Crippen molar-refractivity contribution < 1.29 is 4.74 Å². The Hall–Kier alpha value is -1.69. The van der Waals surface area contributed by atoms with E-state index in [0.717, 1.165) is 26.0 Å². The Bertz CT molecular complexity index is 595. The van der Waals surface area contributed by atoms with Gasteiger partial charge in [0.2, 0.25) is 0 Å². The van der Waals surface area contributed by atoms with Crippen LogP contribution >= 0.6 is 0 Å². The van der Waals surface area contributed by atoms with Gasteiger partial charge in [0.05, 0.1) is 24.9 Å². The van der Waals surface area contributed by atoms with Crippen LogP contribution in [-0.2, 0) is 24.1 Å². The number of nitrogens with one attached hydrogen (secondary N) is 1. The molecule has 1 aromatic heterocycles. The molecule has 2 unspecified atom stereocenters. The predicted molar refractivity (Wildman–Crippen MR) is 81.6 cm³/mol. The summed E-state index contributed by atoms with van der Waals surface area (Å²) in [6.07, 6.45) is 5.74. The van der Waals surface area contributed by atoms with Crippen molar-refractivity contribution in [2.45, 2.75) is 38.5 Å². The molecule has 1 aromatic carbocycles. The Morgan fingerprint density at radius 3 is 3.10 bits per heavy atom. The van der Waals surface area contributed by atoms with Crippen LogP contribution in [-0.4, -0.2) is 22.4 Å². The third kappa shape index (κ3) is 3.00. The molecular weight excluding hydrogens is 264 g/mol. The van der Waals surface area contributed by atoms with Gasteiger partial charge in [-0.2, -0.15) is 5.10 Å². The molecule has 2 heterocycles. The molecule has 2 atom stereocenters. The summed E-state index contributed by atoms with van der Waals surface area (Å²) in [6, 6.07) is 8.49. The van der Waals surface area contributed by atoms with Gasteiger partial charge in [0, 0.05) is 12.7 Å². The van der Waals surface area contributed by atoms with Crippen molar-refractivity contribution in [3.63, 3.8) is 0 Å². The number of rotatable bonds is 5. The van der Waals surface area contributed by atoms with Crippen LogP contribution in [0, 0.1) is 0 Å². The second-order valence-electron chi connectivity index (χ2n) is 5.42. The third-order valence-electron chi connectivity index (χ3n) is 4.08. The zero-order valence-corrected chi connectivity index (χ0v) is 12.3. The number of fused-ring (bicyclic) bond motifs is 1. The molecule has 2 aromatic rings. The molecule has 3 rings (SSSR count). The largest absolute Gasteiger partial charge is 0.371 e. The summed E-state index contributed by atoms with van der Waals surface area (Å²) in [5.74, 6) is 5.79. The number of ether oxygens (including phenoxy) is 1. The first-order valence-electron chi connectivity index (χ1n) is 7.48. The Kier molecular flexibility index (Phi) is 4.34. The Morgan fingerprint density at radius 1 is 1.48 bits per heavy atom. The highest BCUT2D eigenvalue weighted by atomic mass is 16.5. The molecule has 3 N–H and O–H groups in total. The fraction of sp³-hybridized carbons (Fsp3) is 0.438. The van der Waals surface area contributed by atoms with Gasteiger partial charge in [-0.15, -0.1) is 0 Å². The monoisotopic (exact) mass is 286 g/mol. The zero-order valence-electron chi connectivity index (χ0n) is 12.3. The van der Waals surface area contributed by atoms with Crippen LogP contribution in [0.2, 0.25) is 0 Å². The highest BCUT2D eigenvalue weighted by Crippen LogP contribution is 2.30. The van der Waals surface area contributed by atoms with Crippen LogP contribution in [0.5, 0.6) is 0 Å². The van der Waals surface area contributed by atoms with E-state index in [4.69, 9.17) is 10.6 Å². The maximum absolute atomic E-state index is 5.99. The molecule has 1 aliphatic heterocycles. The second-order valence-corrected chi connectivity index (χ2v) is 5.42. The van der Waals surface area contributed by atoms with Gasteiger partial charge in [0.25, 0.3) is 0 Å². The number of nitrogens with two attached hydrogens (primary N) is 1. The topological polar surface area (TPSA) is 65.1 Å². The summed E-state index contributed by atoms with van der Waals surface area (Å²) in [4.78, 5) is 0. The summed E-state index contributed by atoms with van der Waals surface area (Å²) in [5.41, 5.74) is 6.70. The molecule has 21 heavy (non-hydrogen) atoms. The van der Waals surface area contributed by atoms with Gasteiger partial charge in [0.1, 0.15) is 0 Å². The highest BCUT2D eigenvalue weighted by molar-refractivity contribution is 5.32. The van der Waals surface area contributed by atoms with Gasteiger partial charge >= 0.3 is 0 Å². The first-order valence-corrected chi connectivity index (χ1v) is 7.48. The first kappa shape index (κ1) is 14.3. The molecule has 1 aliphatic rings. The molecule has 0 fully saturated rings. The van der Waals surface area contributed by atoms with Gasteiger partial charge in [0.15, 0.2) is 0 Å². The van der Waals surface area contributed by atoms with Crippen LogP contribution in [0.4, 0.5) is 0 Å². The number of hydrogen-bond acceptors (Lipinski definition) is 4. The van der Waals surface area contributed by atoms with Crippen LogP contribution in [0.3, 0.4) is 0 Å². The highest BCUT2D eigenvalue weighted by Gasteiger charge is 2.28. The maximum atomic E-state index is 5.99. The number of hydrogen-bond donors (Lipinski definition) is 2. The van der Waals surface area contributed by atoms with Gasteiger partial charge in [-0.1, -0.05) is 24.3 Å². The quantitative estimate of drug-likeness (QED) is 0.647. The Balaban J connectivity index is 1.80. The van der Waals surface area contributed by atoms with Crippen molar-refractivity contribution in [2.24, 2.45) is 5.84 Å². The fourth-order valence-electron chi connectivity index (χ4n) is 2.95. The van der Waals surface area contributed by atoms with E-state index in [1.54, 1.807) is 0 Å². The van der Waals surface area contributed by atoms with Crippen LogP contribution in [0.25, 0.3) is 0 Å². The van der Waals surface area contributed by atoms with E-state index < -0.39 is 0 Å². The van der Waals surface area contributed by atoms with E-state index in [2.05, 4.69) is 47.9 Å². The molecule has 0 aliphatic carbocycles. The maximum Gasteiger partial charge on any atom is 0.0997 e. The van der Waals surface area contributed by atoms with E-state index in [1.807, 2.05) is 10.9 Å². The zero-order chi connectivity index (χ0) is 14.7. The summed E-state index contributed by atoms with van der Waals surface area (Å²) in [7, 11) is 0. The Labute approximate surface area is 125 Å². The molecule has 0 saturated heterocycles. The molecule has 0 spiro atoms. The molecular formula is C16H22N4O. The molecule has 0 bridgehead atoms. The number of hydrazine groups is 1.